The van der Waals surface area contributed by atoms with E-state index in [0.717, 1.165) is 56.6 Å². The molecule has 1 unspecified atom stereocenters. The van der Waals surface area contributed by atoms with Gasteiger partial charge in [0.05, 0.1) is 29.3 Å². The second-order valence-electron chi connectivity index (χ2n) is 11.6. The number of pyridine rings is 3. The molecule has 3 aliphatic rings. The predicted octanol–water partition coefficient (Wildman–Crippen LogP) is 6.30. The van der Waals surface area contributed by atoms with Crippen molar-refractivity contribution in [2.24, 2.45) is 0 Å². The van der Waals surface area contributed by atoms with Gasteiger partial charge >= 0.3 is 5.66 Å². The molecule has 204 valence electrons. The van der Waals surface area contributed by atoms with Gasteiger partial charge in [-0.05, 0) is 66.7 Å². The van der Waals surface area contributed by atoms with Crippen LogP contribution >= 0.6 is 0 Å². The monoisotopic (exact) mass is 566 g/mol. The molecule has 7 heteroatoms. The van der Waals surface area contributed by atoms with Crippen molar-refractivity contribution in [1.29, 1.82) is 0 Å². The molecular weight excluding hydrogens is 544 g/mol. The topological polar surface area (TPSA) is 52.6 Å². The van der Waals surface area contributed by atoms with Gasteiger partial charge < -0.3 is 4.74 Å². The molecule has 0 radical (unpaired) electrons. The average molecular weight is 567 g/mol. The van der Waals surface area contributed by atoms with E-state index in [9.17, 15) is 0 Å². The summed E-state index contributed by atoms with van der Waals surface area (Å²) >= 11 is 0. The van der Waals surface area contributed by atoms with E-state index in [0.29, 0.717) is 0 Å². The Kier molecular flexibility index (Phi) is 3.91. The van der Waals surface area contributed by atoms with Crippen molar-refractivity contribution in [2.75, 3.05) is 0 Å². The number of benzene rings is 3. The third kappa shape index (κ3) is 2.48. The van der Waals surface area contributed by atoms with Gasteiger partial charge in [0.25, 0.3) is 5.82 Å². The van der Waals surface area contributed by atoms with Gasteiger partial charge in [0.2, 0.25) is 6.20 Å². The first kappa shape index (κ1) is 22.5. The van der Waals surface area contributed by atoms with Gasteiger partial charge in [0, 0.05) is 34.8 Å². The van der Waals surface area contributed by atoms with Crippen molar-refractivity contribution >= 4 is 21.8 Å². The van der Waals surface area contributed by atoms with Gasteiger partial charge in [-0.2, -0.15) is 9.13 Å². The first-order chi connectivity index (χ1) is 21.8. The predicted molar refractivity (Wildman–Crippen MR) is 165 cm³/mol. The second-order valence-corrected chi connectivity index (χ2v) is 11.6. The van der Waals surface area contributed by atoms with Gasteiger partial charge in [0.15, 0.2) is 11.1 Å². The summed E-state index contributed by atoms with van der Waals surface area (Å²) in [4.78, 5) is 9.40. The molecule has 8 heterocycles. The Hall–Kier alpha value is -6.08. The average Bonchev–Trinajstić information content (AvgIpc) is 3.75. The first-order valence-electron chi connectivity index (χ1n) is 14.7. The maximum absolute atomic E-state index is 6.74. The Morgan fingerprint density at radius 2 is 1.57 bits per heavy atom. The molecule has 0 saturated heterocycles. The van der Waals surface area contributed by atoms with Crippen LogP contribution in [-0.4, -0.2) is 19.2 Å². The van der Waals surface area contributed by atoms with Crippen LogP contribution in [0.1, 0.15) is 11.1 Å². The highest BCUT2D eigenvalue weighted by Crippen LogP contribution is 2.55. The second kappa shape index (κ2) is 7.65. The van der Waals surface area contributed by atoms with E-state index in [1.165, 1.54) is 21.8 Å². The molecule has 0 amide bonds. The molecule has 44 heavy (non-hydrogen) atoms. The van der Waals surface area contributed by atoms with Gasteiger partial charge in [-0.1, -0.05) is 35.0 Å². The maximum Gasteiger partial charge on any atom is 0.397 e. The van der Waals surface area contributed by atoms with Gasteiger partial charge in [0.1, 0.15) is 28.3 Å². The van der Waals surface area contributed by atoms with Crippen LogP contribution in [0.15, 0.2) is 134 Å². The number of nitrogens with zero attached hydrogens (tertiary/aromatic N) is 6. The summed E-state index contributed by atoms with van der Waals surface area (Å²) in [5.41, 5.74) is 8.87. The summed E-state index contributed by atoms with van der Waals surface area (Å²) in [7, 11) is 0. The molecule has 0 saturated carbocycles. The lowest BCUT2D eigenvalue weighted by Gasteiger charge is -2.32. The van der Waals surface area contributed by atoms with Crippen LogP contribution in [0.25, 0.3) is 55.8 Å². The summed E-state index contributed by atoms with van der Waals surface area (Å²) in [5, 5.41) is 2.45. The highest BCUT2D eigenvalue weighted by atomic mass is 16.5. The van der Waals surface area contributed by atoms with Crippen molar-refractivity contribution < 1.29 is 14.0 Å². The molecule has 3 aliphatic heterocycles. The zero-order chi connectivity index (χ0) is 28.6. The van der Waals surface area contributed by atoms with Gasteiger partial charge in [-0.3, -0.25) is 9.97 Å². The van der Waals surface area contributed by atoms with E-state index < -0.39 is 5.66 Å². The van der Waals surface area contributed by atoms with Crippen molar-refractivity contribution in [3.8, 4) is 45.5 Å². The summed E-state index contributed by atoms with van der Waals surface area (Å²) in [6, 6.07) is 36.0. The molecule has 7 nitrogen and oxygen atoms in total. The minimum Gasteiger partial charge on any atom is -0.456 e. The normalized spacial score (nSPS) is 16.5. The SMILES string of the molecule is c1ccc(-c2ccc(-c3cn4[n+](c3)C35c6c(cccc6-4)Oc4ccc6c7ccccc7n(c6c43)-c3cccc[n+]35)nc2)nc1. The Morgan fingerprint density at radius 3 is 2.48 bits per heavy atom. The highest BCUT2D eigenvalue weighted by Gasteiger charge is 2.68. The lowest BCUT2D eigenvalue weighted by molar-refractivity contribution is -0.993. The van der Waals surface area contributed by atoms with Crippen LogP contribution in [0.4, 0.5) is 0 Å². The minimum absolute atomic E-state index is 0.702. The van der Waals surface area contributed by atoms with E-state index in [2.05, 4.69) is 127 Å². The van der Waals surface area contributed by atoms with E-state index in [1.807, 2.05) is 30.6 Å². The molecular formula is C37H22N6O+2. The van der Waals surface area contributed by atoms with Crippen molar-refractivity contribution in [3.63, 3.8) is 0 Å². The van der Waals surface area contributed by atoms with E-state index in [1.54, 1.807) is 0 Å². The molecule has 0 aliphatic carbocycles. The van der Waals surface area contributed by atoms with Gasteiger partial charge in [-0.15, -0.1) is 4.68 Å². The Morgan fingerprint density at radius 1 is 0.682 bits per heavy atom. The maximum atomic E-state index is 6.74. The van der Waals surface area contributed by atoms with E-state index >= 15 is 0 Å². The van der Waals surface area contributed by atoms with Crippen LogP contribution in [0.2, 0.25) is 0 Å². The summed E-state index contributed by atoms with van der Waals surface area (Å²) in [6.07, 6.45) is 10.4. The minimum atomic E-state index is -0.702. The van der Waals surface area contributed by atoms with Crippen molar-refractivity contribution in [2.45, 2.75) is 5.66 Å². The quantitative estimate of drug-likeness (QED) is 0.231. The third-order valence-corrected chi connectivity index (χ3v) is 9.49. The fourth-order valence-electron chi connectivity index (χ4n) is 7.80. The molecule has 1 spiro atoms. The molecule has 0 N–H and O–H groups in total. The Bertz CT molecular complexity index is 2530. The Labute approximate surface area is 251 Å². The summed E-state index contributed by atoms with van der Waals surface area (Å²) < 4.78 is 16.2. The van der Waals surface area contributed by atoms with Crippen LogP contribution in [0.3, 0.4) is 0 Å². The lowest BCUT2D eigenvalue weighted by Crippen LogP contribution is -2.76. The van der Waals surface area contributed by atoms with Crippen LogP contribution in [0, 0.1) is 0 Å². The van der Waals surface area contributed by atoms with E-state index in [4.69, 9.17) is 9.72 Å². The van der Waals surface area contributed by atoms with Crippen LogP contribution in [-0.2, 0) is 5.66 Å². The highest BCUT2D eigenvalue weighted by molar-refractivity contribution is 6.11. The van der Waals surface area contributed by atoms with Crippen molar-refractivity contribution in [3.05, 3.63) is 145 Å². The van der Waals surface area contributed by atoms with Crippen molar-refractivity contribution in [1.82, 2.24) is 19.2 Å². The Balaban J connectivity index is 1.25. The molecule has 8 aromatic rings. The largest absolute Gasteiger partial charge is 0.456 e. The van der Waals surface area contributed by atoms with Crippen LogP contribution in [0.5, 0.6) is 11.5 Å². The molecule has 11 rings (SSSR count). The zero-order valence-corrected chi connectivity index (χ0v) is 23.3. The number of rotatable bonds is 2. The summed E-state index contributed by atoms with van der Waals surface area (Å²) in [6.45, 7) is 0. The third-order valence-electron chi connectivity index (χ3n) is 9.49. The number of hydrogen-bond donors (Lipinski definition) is 0. The molecule has 5 aromatic heterocycles. The fourth-order valence-corrected chi connectivity index (χ4v) is 7.80. The number of fused-ring (bicyclic) bond motifs is 7. The summed E-state index contributed by atoms with van der Waals surface area (Å²) in [5.74, 6) is 2.85. The number of aromatic nitrogens is 6. The van der Waals surface area contributed by atoms with E-state index in [-0.39, 0.29) is 0 Å². The molecule has 0 bridgehead atoms. The smallest absolute Gasteiger partial charge is 0.397 e. The standard InChI is InChI=1S/C37H22N6O/c1-2-10-29-25(8-1)26-15-17-32-35-36(26)43(29)33-13-4-6-19-40(33)37(35)34-30(11-7-12-31(34)44-32)41-21-24(22-42(37)41)28-16-14-23(20-39-28)27-9-3-5-18-38-27/h1-22H/q+2. The first-order valence-corrected chi connectivity index (χ1v) is 14.7. The molecule has 3 aromatic carbocycles. The zero-order valence-electron chi connectivity index (χ0n) is 23.3. The lowest BCUT2D eigenvalue weighted by atomic mass is 9.84. The molecule has 1 atom stereocenters. The number of hydrogen-bond acceptors (Lipinski definition) is 3. The molecule has 0 fully saturated rings. The fraction of sp³-hybridized carbons (Fsp3) is 0.0270. The van der Waals surface area contributed by atoms with Gasteiger partial charge in [-0.25, -0.2) is 0 Å². The number of ether oxygens (including phenoxy) is 1. The van der Waals surface area contributed by atoms with Crippen LogP contribution < -0.4 is 14.0 Å². The number of para-hydroxylation sites is 1.